The molecule has 0 aliphatic heterocycles. The Morgan fingerprint density at radius 1 is 1.24 bits per heavy atom. The van der Waals surface area contributed by atoms with Crippen molar-refractivity contribution in [1.82, 2.24) is 10.3 Å². The number of hydrogen-bond acceptors (Lipinski definition) is 2. The Balaban J connectivity index is 1.79. The highest BCUT2D eigenvalue weighted by Crippen LogP contribution is 2.27. The molecule has 0 spiro atoms. The van der Waals surface area contributed by atoms with Gasteiger partial charge in [-0.2, -0.15) is 0 Å². The minimum absolute atomic E-state index is 0.365. The highest BCUT2D eigenvalue weighted by atomic mass is 35.5. The molecule has 1 aliphatic rings. The third kappa shape index (κ3) is 4.19. The first-order valence-corrected chi connectivity index (χ1v) is 8.05. The molecule has 1 aliphatic carbocycles. The van der Waals surface area contributed by atoms with Crippen LogP contribution in [0.1, 0.15) is 29.9 Å². The quantitative estimate of drug-likeness (QED) is 0.849. The van der Waals surface area contributed by atoms with Crippen LogP contribution in [0.25, 0.3) is 0 Å². The van der Waals surface area contributed by atoms with Crippen molar-refractivity contribution >= 4 is 23.2 Å². The molecular formula is C17H18Cl2N2. The lowest BCUT2D eigenvalue weighted by Gasteiger charge is -2.19. The topological polar surface area (TPSA) is 24.9 Å². The third-order valence-electron chi connectivity index (χ3n) is 3.87. The summed E-state index contributed by atoms with van der Waals surface area (Å²) in [6.45, 7) is 0.948. The van der Waals surface area contributed by atoms with Crippen LogP contribution in [-0.2, 0) is 6.42 Å². The first-order valence-electron chi connectivity index (χ1n) is 7.29. The maximum absolute atomic E-state index is 6.25. The number of nitrogens with one attached hydrogen (secondary N) is 1. The van der Waals surface area contributed by atoms with Crippen LogP contribution in [0.3, 0.4) is 0 Å². The van der Waals surface area contributed by atoms with E-state index in [4.69, 9.17) is 23.2 Å². The van der Waals surface area contributed by atoms with Gasteiger partial charge in [-0.25, -0.2) is 0 Å². The second-order valence-electron chi connectivity index (χ2n) is 5.61. The summed E-state index contributed by atoms with van der Waals surface area (Å²) in [6, 6.07) is 10.8. The molecule has 2 nitrogen and oxygen atoms in total. The monoisotopic (exact) mass is 320 g/mol. The van der Waals surface area contributed by atoms with Gasteiger partial charge < -0.3 is 5.32 Å². The van der Waals surface area contributed by atoms with Crippen LogP contribution in [0.15, 0.2) is 42.7 Å². The smallest absolute Gasteiger partial charge is 0.0621 e. The number of pyridine rings is 1. The van der Waals surface area contributed by atoms with Gasteiger partial charge in [-0.05, 0) is 48.6 Å². The van der Waals surface area contributed by atoms with Crippen molar-refractivity contribution in [2.24, 2.45) is 0 Å². The van der Waals surface area contributed by atoms with E-state index in [9.17, 15) is 0 Å². The number of nitrogens with zero attached hydrogens (tertiary/aromatic N) is 1. The number of halogens is 2. The highest BCUT2D eigenvalue weighted by molar-refractivity contribution is 6.31. The van der Waals surface area contributed by atoms with Crippen LogP contribution in [0.4, 0.5) is 0 Å². The number of benzene rings is 1. The van der Waals surface area contributed by atoms with E-state index in [-0.39, 0.29) is 0 Å². The van der Waals surface area contributed by atoms with Crippen molar-refractivity contribution < 1.29 is 0 Å². The Hall–Kier alpha value is -1.09. The molecule has 21 heavy (non-hydrogen) atoms. The fourth-order valence-corrected chi connectivity index (χ4v) is 2.89. The van der Waals surface area contributed by atoms with Gasteiger partial charge in [0.05, 0.1) is 5.02 Å². The summed E-state index contributed by atoms with van der Waals surface area (Å²) in [7, 11) is 0. The SMILES string of the molecule is Clc1cccc(C(CNC2CC2)Cc2ccncc2Cl)c1. The summed E-state index contributed by atoms with van der Waals surface area (Å²) in [5.41, 5.74) is 2.39. The Morgan fingerprint density at radius 2 is 2.10 bits per heavy atom. The van der Waals surface area contributed by atoms with Gasteiger partial charge in [0, 0.05) is 35.9 Å². The van der Waals surface area contributed by atoms with Crippen LogP contribution in [0.2, 0.25) is 10.0 Å². The van der Waals surface area contributed by atoms with Crippen LogP contribution in [0, 0.1) is 0 Å². The van der Waals surface area contributed by atoms with Gasteiger partial charge in [0.2, 0.25) is 0 Å². The molecule has 0 bridgehead atoms. The fourth-order valence-electron chi connectivity index (χ4n) is 2.50. The predicted octanol–water partition coefficient (Wildman–Crippen LogP) is 4.47. The van der Waals surface area contributed by atoms with Gasteiger partial charge in [0.1, 0.15) is 0 Å². The molecule has 110 valence electrons. The first-order chi connectivity index (χ1) is 10.2. The number of hydrogen-bond donors (Lipinski definition) is 1. The van der Waals surface area contributed by atoms with Gasteiger partial charge in [0.25, 0.3) is 0 Å². The summed E-state index contributed by atoms with van der Waals surface area (Å²) in [5, 5.41) is 5.13. The van der Waals surface area contributed by atoms with E-state index in [0.717, 1.165) is 28.6 Å². The van der Waals surface area contributed by atoms with E-state index < -0.39 is 0 Å². The van der Waals surface area contributed by atoms with E-state index in [1.54, 1.807) is 12.4 Å². The summed E-state index contributed by atoms with van der Waals surface area (Å²) in [4.78, 5) is 4.05. The number of aromatic nitrogens is 1. The number of rotatable bonds is 6. The molecule has 1 saturated carbocycles. The lowest BCUT2D eigenvalue weighted by molar-refractivity contribution is 0.577. The second-order valence-corrected chi connectivity index (χ2v) is 6.45. The standard InChI is InChI=1S/C17H18Cl2N2/c18-15-3-1-2-12(9-15)14(10-21-16-4-5-16)8-13-6-7-20-11-17(13)19/h1-3,6-7,9,11,14,16,21H,4-5,8,10H2. The molecule has 0 radical (unpaired) electrons. The van der Waals surface area contributed by atoms with E-state index in [2.05, 4.69) is 22.4 Å². The highest BCUT2D eigenvalue weighted by Gasteiger charge is 2.23. The van der Waals surface area contributed by atoms with Crippen LogP contribution >= 0.6 is 23.2 Å². The van der Waals surface area contributed by atoms with Crippen LogP contribution in [0.5, 0.6) is 0 Å². The molecule has 1 aromatic carbocycles. The van der Waals surface area contributed by atoms with Gasteiger partial charge >= 0.3 is 0 Å². The summed E-state index contributed by atoms with van der Waals surface area (Å²) < 4.78 is 0. The van der Waals surface area contributed by atoms with Gasteiger partial charge in [-0.1, -0.05) is 35.3 Å². The van der Waals surface area contributed by atoms with Crippen molar-refractivity contribution in [1.29, 1.82) is 0 Å². The van der Waals surface area contributed by atoms with E-state index in [1.807, 2.05) is 18.2 Å². The zero-order valence-corrected chi connectivity index (χ0v) is 13.2. The summed E-state index contributed by atoms with van der Waals surface area (Å²) >= 11 is 12.4. The Bertz CT molecular complexity index is 611. The van der Waals surface area contributed by atoms with Crippen molar-refractivity contribution in [2.45, 2.75) is 31.2 Å². The van der Waals surface area contributed by atoms with E-state index in [1.165, 1.54) is 18.4 Å². The summed E-state index contributed by atoms with van der Waals surface area (Å²) in [5.74, 6) is 0.365. The molecule has 3 rings (SSSR count). The second kappa shape index (κ2) is 6.78. The minimum atomic E-state index is 0.365. The predicted molar refractivity (Wildman–Crippen MR) is 88.2 cm³/mol. The Morgan fingerprint density at radius 3 is 2.81 bits per heavy atom. The molecule has 4 heteroatoms. The lowest BCUT2D eigenvalue weighted by Crippen LogP contribution is -2.25. The van der Waals surface area contributed by atoms with Gasteiger partial charge in [-0.3, -0.25) is 4.98 Å². The molecule has 1 fully saturated rings. The van der Waals surface area contributed by atoms with Crippen molar-refractivity contribution in [2.75, 3.05) is 6.54 Å². The molecule has 2 aromatic rings. The van der Waals surface area contributed by atoms with E-state index in [0.29, 0.717) is 12.0 Å². The van der Waals surface area contributed by atoms with Gasteiger partial charge in [-0.15, -0.1) is 0 Å². The molecular weight excluding hydrogens is 303 g/mol. The average Bonchev–Trinajstić information content (AvgIpc) is 3.29. The fraction of sp³-hybridized carbons (Fsp3) is 0.353. The third-order valence-corrected chi connectivity index (χ3v) is 4.45. The minimum Gasteiger partial charge on any atom is -0.313 e. The molecule has 1 aromatic heterocycles. The lowest BCUT2D eigenvalue weighted by atomic mass is 9.92. The molecule has 1 unspecified atom stereocenters. The van der Waals surface area contributed by atoms with Crippen molar-refractivity contribution in [3.63, 3.8) is 0 Å². The Labute approximate surface area is 135 Å². The van der Waals surface area contributed by atoms with Crippen LogP contribution in [-0.4, -0.2) is 17.6 Å². The molecule has 1 atom stereocenters. The largest absolute Gasteiger partial charge is 0.313 e. The zero-order valence-electron chi connectivity index (χ0n) is 11.7. The Kier molecular flexibility index (Phi) is 4.79. The van der Waals surface area contributed by atoms with Crippen LogP contribution < -0.4 is 5.32 Å². The molecule has 1 heterocycles. The normalized spacial score (nSPS) is 15.9. The molecule has 0 amide bonds. The molecule has 1 N–H and O–H groups in total. The zero-order chi connectivity index (χ0) is 14.7. The summed E-state index contributed by atoms with van der Waals surface area (Å²) in [6.07, 6.45) is 6.97. The van der Waals surface area contributed by atoms with Crippen molar-refractivity contribution in [3.05, 3.63) is 63.9 Å². The van der Waals surface area contributed by atoms with Crippen molar-refractivity contribution in [3.8, 4) is 0 Å². The van der Waals surface area contributed by atoms with E-state index >= 15 is 0 Å². The molecule has 0 saturated heterocycles. The average molecular weight is 321 g/mol. The maximum atomic E-state index is 6.25. The first kappa shape index (κ1) is 14.8. The van der Waals surface area contributed by atoms with Gasteiger partial charge in [0.15, 0.2) is 0 Å². The maximum Gasteiger partial charge on any atom is 0.0621 e.